The molecular formula is C11H15ClF3N5. The Kier molecular flexibility index (Phi) is 5.18. The number of nitrogens with zero attached hydrogens (tertiary/aromatic N) is 4. The van der Waals surface area contributed by atoms with Crippen LogP contribution in [0.15, 0.2) is 18.5 Å². The Morgan fingerprint density at radius 2 is 1.85 bits per heavy atom. The first-order valence-electron chi connectivity index (χ1n) is 5.65. The van der Waals surface area contributed by atoms with Crippen LogP contribution in [0.3, 0.4) is 0 Å². The molecule has 0 bridgehead atoms. The third-order valence-corrected chi connectivity index (χ3v) is 2.83. The predicted molar refractivity (Wildman–Crippen MR) is 69.2 cm³/mol. The summed E-state index contributed by atoms with van der Waals surface area (Å²) < 4.78 is 40.9. The van der Waals surface area contributed by atoms with E-state index in [1.54, 1.807) is 24.0 Å². The molecule has 1 N–H and O–H groups in total. The molecule has 0 saturated heterocycles. The van der Waals surface area contributed by atoms with Gasteiger partial charge in [-0.3, -0.25) is 9.36 Å². The van der Waals surface area contributed by atoms with Crippen molar-refractivity contribution in [2.45, 2.75) is 19.3 Å². The van der Waals surface area contributed by atoms with Gasteiger partial charge in [-0.2, -0.15) is 23.4 Å². The first kappa shape index (κ1) is 16.5. The van der Waals surface area contributed by atoms with E-state index in [1.165, 1.54) is 13.2 Å². The van der Waals surface area contributed by atoms with Crippen LogP contribution in [0.2, 0.25) is 0 Å². The summed E-state index contributed by atoms with van der Waals surface area (Å²) in [5, 5.41) is 10.6. The fourth-order valence-corrected chi connectivity index (χ4v) is 1.88. The summed E-state index contributed by atoms with van der Waals surface area (Å²) in [6, 6.07) is 1.81. The van der Waals surface area contributed by atoms with Crippen molar-refractivity contribution in [3.8, 4) is 0 Å². The monoisotopic (exact) mass is 309 g/mol. The molecule has 20 heavy (non-hydrogen) atoms. The van der Waals surface area contributed by atoms with Crippen molar-refractivity contribution >= 4 is 12.4 Å². The van der Waals surface area contributed by atoms with E-state index >= 15 is 0 Å². The van der Waals surface area contributed by atoms with Crippen molar-refractivity contribution in [2.75, 3.05) is 0 Å². The summed E-state index contributed by atoms with van der Waals surface area (Å²) in [5.41, 5.74) is 0.319. The van der Waals surface area contributed by atoms with Crippen LogP contribution in [0, 0.1) is 0 Å². The highest BCUT2D eigenvalue weighted by Gasteiger charge is 2.36. The van der Waals surface area contributed by atoms with Crippen LogP contribution in [-0.4, -0.2) is 19.6 Å². The van der Waals surface area contributed by atoms with Crippen molar-refractivity contribution in [3.05, 3.63) is 35.4 Å². The highest BCUT2D eigenvalue weighted by atomic mass is 35.5. The van der Waals surface area contributed by atoms with Crippen LogP contribution in [0.4, 0.5) is 13.2 Å². The second kappa shape index (κ2) is 6.27. The average Bonchev–Trinajstić information content (AvgIpc) is 2.85. The van der Waals surface area contributed by atoms with E-state index in [2.05, 4.69) is 15.5 Å². The molecule has 0 aliphatic rings. The smallest absolute Gasteiger partial charge is 0.307 e. The summed E-state index contributed by atoms with van der Waals surface area (Å²) in [6.07, 6.45) is -1.52. The summed E-state index contributed by atoms with van der Waals surface area (Å²) >= 11 is 0. The molecule has 0 saturated carbocycles. The largest absolute Gasteiger partial charge is 0.433 e. The van der Waals surface area contributed by atoms with Gasteiger partial charge in [-0.05, 0) is 6.07 Å². The highest BCUT2D eigenvalue weighted by Crippen LogP contribution is 2.31. The normalized spacial score (nSPS) is 11.4. The van der Waals surface area contributed by atoms with Crippen LogP contribution in [0.25, 0.3) is 0 Å². The van der Waals surface area contributed by atoms with Gasteiger partial charge in [-0.15, -0.1) is 12.4 Å². The van der Waals surface area contributed by atoms with Crippen LogP contribution in [0.1, 0.15) is 17.0 Å². The van der Waals surface area contributed by atoms with Gasteiger partial charge in [0, 0.05) is 38.9 Å². The lowest BCUT2D eigenvalue weighted by Crippen LogP contribution is -2.19. The lowest BCUT2D eigenvalue weighted by molar-refractivity contribution is -0.144. The zero-order valence-electron chi connectivity index (χ0n) is 11.0. The Balaban J connectivity index is 0.00000200. The Hall–Kier alpha value is -1.54. The Bertz CT molecular complexity index is 561. The maximum absolute atomic E-state index is 12.8. The molecular weight excluding hydrogens is 295 g/mol. The molecule has 2 rings (SSSR count). The Morgan fingerprint density at radius 1 is 1.15 bits per heavy atom. The molecule has 112 valence electrons. The molecule has 2 aromatic rings. The van der Waals surface area contributed by atoms with Gasteiger partial charge in [0.1, 0.15) is 5.69 Å². The van der Waals surface area contributed by atoms with Gasteiger partial charge in [0.25, 0.3) is 0 Å². The van der Waals surface area contributed by atoms with Gasteiger partial charge in [0.2, 0.25) is 0 Å². The molecule has 5 nitrogen and oxygen atoms in total. The van der Waals surface area contributed by atoms with Crippen molar-refractivity contribution in [1.29, 1.82) is 0 Å². The Labute approximate surface area is 120 Å². The average molecular weight is 310 g/mol. The van der Waals surface area contributed by atoms with Gasteiger partial charge in [-0.1, -0.05) is 0 Å². The molecule has 0 unspecified atom stereocenters. The minimum Gasteiger partial charge on any atom is -0.307 e. The number of alkyl halides is 3. The number of aromatic nitrogens is 4. The maximum Gasteiger partial charge on any atom is 0.433 e. The third-order valence-electron chi connectivity index (χ3n) is 2.83. The van der Waals surface area contributed by atoms with Crippen molar-refractivity contribution in [2.24, 2.45) is 14.1 Å². The molecule has 0 aromatic carbocycles. The van der Waals surface area contributed by atoms with Crippen LogP contribution < -0.4 is 5.32 Å². The van der Waals surface area contributed by atoms with E-state index in [1.807, 2.05) is 0 Å². The van der Waals surface area contributed by atoms with Crippen LogP contribution >= 0.6 is 12.4 Å². The Morgan fingerprint density at radius 3 is 2.40 bits per heavy atom. The molecule has 9 heteroatoms. The van der Waals surface area contributed by atoms with Gasteiger partial charge >= 0.3 is 6.18 Å². The lowest BCUT2D eigenvalue weighted by Gasteiger charge is -2.10. The summed E-state index contributed by atoms with van der Waals surface area (Å²) in [5.74, 6) is 0. The molecule has 0 atom stereocenters. The van der Waals surface area contributed by atoms with Gasteiger partial charge < -0.3 is 5.32 Å². The lowest BCUT2D eigenvalue weighted by atomic mass is 10.2. The van der Waals surface area contributed by atoms with Gasteiger partial charge in [-0.25, -0.2) is 0 Å². The molecule has 0 aliphatic heterocycles. The van der Waals surface area contributed by atoms with E-state index in [4.69, 9.17) is 0 Å². The fraction of sp³-hybridized carbons (Fsp3) is 0.455. The highest BCUT2D eigenvalue weighted by molar-refractivity contribution is 5.85. The quantitative estimate of drug-likeness (QED) is 0.938. The zero-order valence-corrected chi connectivity index (χ0v) is 11.8. The van der Waals surface area contributed by atoms with Crippen LogP contribution in [-0.2, 0) is 33.4 Å². The topological polar surface area (TPSA) is 47.7 Å². The zero-order chi connectivity index (χ0) is 14.0. The van der Waals surface area contributed by atoms with E-state index in [-0.39, 0.29) is 24.5 Å². The molecule has 0 amide bonds. The summed E-state index contributed by atoms with van der Waals surface area (Å²) in [4.78, 5) is 0. The van der Waals surface area contributed by atoms with Crippen molar-refractivity contribution in [3.63, 3.8) is 0 Å². The molecule has 2 heterocycles. The van der Waals surface area contributed by atoms with E-state index in [0.717, 1.165) is 10.4 Å². The molecule has 2 aromatic heterocycles. The first-order chi connectivity index (χ1) is 8.89. The first-order valence-corrected chi connectivity index (χ1v) is 5.65. The van der Waals surface area contributed by atoms with Crippen LogP contribution in [0.5, 0.6) is 0 Å². The number of hydrogen-bond donors (Lipinski definition) is 1. The van der Waals surface area contributed by atoms with Crippen molar-refractivity contribution in [1.82, 2.24) is 24.9 Å². The van der Waals surface area contributed by atoms with Gasteiger partial charge in [0.05, 0.1) is 11.9 Å². The standard InChI is InChI=1S/C11H14F3N5.ClH/c1-18-9(3-4-16-18)7-15-5-8-6-17-19(2)10(8)11(12,13)14;/h3-4,6,15H,5,7H2,1-2H3;1H. The second-order valence-electron chi connectivity index (χ2n) is 4.19. The predicted octanol–water partition coefficient (Wildman–Crippen LogP) is 1.88. The number of nitrogens with one attached hydrogen (secondary N) is 1. The maximum atomic E-state index is 12.8. The fourth-order valence-electron chi connectivity index (χ4n) is 1.88. The third kappa shape index (κ3) is 3.51. The van der Waals surface area contributed by atoms with E-state index in [0.29, 0.717) is 6.54 Å². The second-order valence-corrected chi connectivity index (χ2v) is 4.19. The van der Waals surface area contributed by atoms with E-state index in [9.17, 15) is 13.2 Å². The molecule has 0 spiro atoms. The molecule has 0 fully saturated rings. The number of hydrogen-bond acceptors (Lipinski definition) is 3. The molecule has 0 aliphatic carbocycles. The number of rotatable bonds is 4. The number of halogens is 4. The number of aryl methyl sites for hydroxylation is 2. The van der Waals surface area contributed by atoms with Crippen molar-refractivity contribution < 1.29 is 13.2 Å². The minimum atomic E-state index is -4.39. The summed E-state index contributed by atoms with van der Waals surface area (Å²) in [7, 11) is 3.07. The van der Waals surface area contributed by atoms with E-state index < -0.39 is 11.9 Å². The molecule has 0 radical (unpaired) electrons. The minimum absolute atomic E-state index is 0. The van der Waals surface area contributed by atoms with Gasteiger partial charge in [0.15, 0.2) is 0 Å². The SMILES string of the molecule is Cl.Cn1nccc1CNCc1cnn(C)c1C(F)(F)F. The summed E-state index contributed by atoms with van der Waals surface area (Å²) in [6.45, 7) is 0.552.